The molecule has 0 aromatic heterocycles. The van der Waals surface area contributed by atoms with E-state index in [1.54, 1.807) is 30.3 Å². The van der Waals surface area contributed by atoms with Crippen molar-refractivity contribution in [2.45, 2.75) is 17.9 Å². The number of esters is 1. The Morgan fingerprint density at radius 1 is 1.13 bits per heavy atom. The lowest BCUT2D eigenvalue weighted by molar-refractivity contribution is -0.123. The van der Waals surface area contributed by atoms with Crippen LogP contribution in [-0.4, -0.2) is 57.0 Å². The third-order valence-corrected chi connectivity index (χ3v) is 6.68. The Balaban J connectivity index is 1.74. The Bertz CT molecular complexity index is 1020. The Kier molecular flexibility index (Phi) is 7.09. The lowest BCUT2D eigenvalue weighted by Crippen LogP contribution is -2.40. The van der Waals surface area contributed by atoms with Gasteiger partial charge in [0.2, 0.25) is 10.0 Å². The zero-order chi connectivity index (χ0) is 21.7. The molecule has 0 aliphatic carbocycles. The number of hydrogen-bond acceptors (Lipinski definition) is 6. The average molecular weight is 453 g/mol. The number of benzene rings is 2. The van der Waals surface area contributed by atoms with Gasteiger partial charge in [0.05, 0.1) is 28.7 Å². The standard InChI is InChI=1S/C20H21ClN2O6S/c1-14(19(24)22-15-5-3-2-4-6-15)29-20(25)17-13-16(7-8-18(17)21)30(26,27)23-9-11-28-12-10-23/h2-8,13-14H,9-12H2,1H3,(H,22,24)/t14-/m0/s1. The van der Waals surface area contributed by atoms with Crippen LogP contribution in [0.2, 0.25) is 5.02 Å². The summed E-state index contributed by atoms with van der Waals surface area (Å²) < 4.78 is 37.3. The number of amides is 1. The van der Waals surface area contributed by atoms with Gasteiger partial charge in [-0.1, -0.05) is 29.8 Å². The first-order chi connectivity index (χ1) is 14.3. The maximum absolute atomic E-state index is 12.8. The summed E-state index contributed by atoms with van der Waals surface area (Å²) in [6, 6.07) is 12.5. The first-order valence-corrected chi connectivity index (χ1v) is 11.0. The Morgan fingerprint density at radius 3 is 2.47 bits per heavy atom. The number of anilines is 1. The molecule has 0 radical (unpaired) electrons. The number of para-hydroxylation sites is 1. The second kappa shape index (κ2) is 9.57. The van der Waals surface area contributed by atoms with Gasteiger partial charge in [0, 0.05) is 18.8 Å². The lowest BCUT2D eigenvalue weighted by Gasteiger charge is -2.26. The van der Waals surface area contributed by atoms with Gasteiger partial charge in [-0.05, 0) is 37.3 Å². The third-order valence-electron chi connectivity index (χ3n) is 4.46. The molecule has 1 fully saturated rings. The largest absolute Gasteiger partial charge is 0.449 e. The number of carbonyl (C=O) groups excluding carboxylic acids is 2. The van der Waals surface area contributed by atoms with Crippen molar-refractivity contribution in [3.63, 3.8) is 0 Å². The first kappa shape index (κ1) is 22.2. The van der Waals surface area contributed by atoms with E-state index in [9.17, 15) is 18.0 Å². The van der Waals surface area contributed by atoms with Gasteiger partial charge in [-0.25, -0.2) is 13.2 Å². The highest BCUT2D eigenvalue weighted by Gasteiger charge is 2.28. The Labute approximate surface area is 179 Å². The van der Waals surface area contributed by atoms with E-state index < -0.39 is 28.0 Å². The number of morpholine rings is 1. The van der Waals surface area contributed by atoms with Crippen molar-refractivity contribution in [2.75, 3.05) is 31.6 Å². The number of carbonyl (C=O) groups is 2. The monoisotopic (exact) mass is 452 g/mol. The summed E-state index contributed by atoms with van der Waals surface area (Å²) in [4.78, 5) is 24.8. The van der Waals surface area contributed by atoms with Crippen LogP contribution in [0.1, 0.15) is 17.3 Å². The van der Waals surface area contributed by atoms with E-state index in [2.05, 4.69) is 5.32 Å². The molecule has 1 N–H and O–H groups in total. The summed E-state index contributed by atoms with van der Waals surface area (Å²) in [5.74, 6) is -1.42. The summed E-state index contributed by atoms with van der Waals surface area (Å²) in [6.07, 6.45) is -1.12. The summed E-state index contributed by atoms with van der Waals surface area (Å²) >= 11 is 6.09. The van der Waals surface area contributed by atoms with Gasteiger partial charge < -0.3 is 14.8 Å². The first-order valence-electron chi connectivity index (χ1n) is 9.23. The second-order valence-corrected chi connectivity index (χ2v) is 8.91. The van der Waals surface area contributed by atoms with Crippen LogP contribution >= 0.6 is 11.6 Å². The molecule has 0 spiro atoms. The van der Waals surface area contributed by atoms with Crippen molar-refractivity contribution in [3.8, 4) is 0 Å². The molecule has 160 valence electrons. The SMILES string of the molecule is C[C@H](OC(=O)c1cc(S(=O)(=O)N2CCOCC2)ccc1Cl)C(=O)Nc1ccccc1. The molecule has 30 heavy (non-hydrogen) atoms. The fourth-order valence-corrected chi connectivity index (χ4v) is 4.43. The summed E-state index contributed by atoms with van der Waals surface area (Å²) in [5.41, 5.74) is 0.424. The van der Waals surface area contributed by atoms with E-state index >= 15 is 0 Å². The number of hydrogen-bond donors (Lipinski definition) is 1. The van der Waals surface area contributed by atoms with E-state index in [1.165, 1.54) is 23.4 Å². The van der Waals surface area contributed by atoms with Crippen LogP contribution in [-0.2, 0) is 24.3 Å². The molecular weight excluding hydrogens is 432 g/mol. The zero-order valence-electron chi connectivity index (χ0n) is 16.2. The molecule has 0 saturated carbocycles. The summed E-state index contributed by atoms with van der Waals surface area (Å²) in [7, 11) is -3.81. The topological polar surface area (TPSA) is 102 Å². The van der Waals surface area contributed by atoms with E-state index in [0.29, 0.717) is 18.9 Å². The van der Waals surface area contributed by atoms with E-state index in [4.69, 9.17) is 21.1 Å². The van der Waals surface area contributed by atoms with Crippen molar-refractivity contribution in [3.05, 3.63) is 59.1 Å². The van der Waals surface area contributed by atoms with Crippen molar-refractivity contribution in [2.24, 2.45) is 0 Å². The number of nitrogens with zero attached hydrogens (tertiary/aromatic N) is 1. The molecule has 0 unspecified atom stereocenters. The maximum Gasteiger partial charge on any atom is 0.340 e. The van der Waals surface area contributed by atoms with Gasteiger partial charge >= 0.3 is 5.97 Å². The van der Waals surface area contributed by atoms with E-state index in [1.807, 2.05) is 0 Å². The lowest BCUT2D eigenvalue weighted by atomic mass is 10.2. The highest BCUT2D eigenvalue weighted by atomic mass is 35.5. The fourth-order valence-electron chi connectivity index (χ4n) is 2.80. The minimum atomic E-state index is -3.81. The van der Waals surface area contributed by atoms with Gasteiger partial charge in [0.25, 0.3) is 5.91 Å². The fraction of sp³-hybridized carbons (Fsp3) is 0.300. The maximum atomic E-state index is 12.8. The highest BCUT2D eigenvalue weighted by Crippen LogP contribution is 2.24. The minimum Gasteiger partial charge on any atom is -0.449 e. The van der Waals surface area contributed by atoms with Crippen molar-refractivity contribution in [1.29, 1.82) is 0 Å². The quantitative estimate of drug-likeness (QED) is 0.676. The predicted octanol–water partition coefficient (Wildman–Crippen LogP) is 2.54. The highest BCUT2D eigenvalue weighted by molar-refractivity contribution is 7.89. The molecule has 10 heteroatoms. The van der Waals surface area contributed by atoms with Crippen molar-refractivity contribution in [1.82, 2.24) is 4.31 Å². The number of halogens is 1. The average Bonchev–Trinajstić information content (AvgIpc) is 2.75. The molecule has 1 aliphatic heterocycles. The third kappa shape index (κ3) is 5.17. The molecule has 2 aromatic rings. The molecule has 1 atom stereocenters. The van der Waals surface area contributed by atoms with Crippen LogP contribution in [0.15, 0.2) is 53.4 Å². The molecule has 1 saturated heterocycles. The van der Waals surface area contributed by atoms with Gasteiger partial charge in [0.1, 0.15) is 0 Å². The van der Waals surface area contributed by atoms with Crippen LogP contribution in [0.5, 0.6) is 0 Å². The Morgan fingerprint density at radius 2 is 1.80 bits per heavy atom. The second-order valence-electron chi connectivity index (χ2n) is 6.56. The molecule has 0 bridgehead atoms. The number of rotatable bonds is 6. The smallest absolute Gasteiger partial charge is 0.340 e. The normalized spacial score (nSPS) is 15.9. The number of nitrogens with one attached hydrogen (secondary N) is 1. The van der Waals surface area contributed by atoms with Crippen LogP contribution in [0.25, 0.3) is 0 Å². The molecule has 3 rings (SSSR count). The molecule has 8 nitrogen and oxygen atoms in total. The molecule has 2 aromatic carbocycles. The number of sulfonamides is 1. The van der Waals surface area contributed by atoms with Crippen LogP contribution in [0.3, 0.4) is 0 Å². The van der Waals surface area contributed by atoms with Gasteiger partial charge in [-0.3, -0.25) is 4.79 Å². The summed E-state index contributed by atoms with van der Waals surface area (Å²) in [6.45, 7) is 2.47. The van der Waals surface area contributed by atoms with Crippen LogP contribution in [0.4, 0.5) is 5.69 Å². The summed E-state index contributed by atoms with van der Waals surface area (Å²) in [5, 5.41) is 2.65. The van der Waals surface area contributed by atoms with E-state index in [0.717, 1.165) is 6.07 Å². The molecule has 1 aliphatic rings. The van der Waals surface area contributed by atoms with Crippen molar-refractivity contribution >= 4 is 39.2 Å². The van der Waals surface area contributed by atoms with Gasteiger partial charge in [0.15, 0.2) is 6.10 Å². The van der Waals surface area contributed by atoms with Gasteiger partial charge in [-0.2, -0.15) is 4.31 Å². The predicted molar refractivity (Wildman–Crippen MR) is 111 cm³/mol. The molecular formula is C20H21ClN2O6S. The molecule has 1 amide bonds. The Hall–Kier alpha value is -2.46. The zero-order valence-corrected chi connectivity index (χ0v) is 17.8. The van der Waals surface area contributed by atoms with E-state index in [-0.39, 0.29) is 28.6 Å². The molecule has 1 heterocycles. The van der Waals surface area contributed by atoms with Crippen LogP contribution in [0, 0.1) is 0 Å². The minimum absolute atomic E-state index is 0.0246. The number of ether oxygens (including phenoxy) is 2. The van der Waals surface area contributed by atoms with Crippen molar-refractivity contribution < 1.29 is 27.5 Å². The van der Waals surface area contributed by atoms with Crippen LogP contribution < -0.4 is 5.32 Å². The van der Waals surface area contributed by atoms with Gasteiger partial charge in [-0.15, -0.1) is 0 Å².